The number of hydrogen-bond donors (Lipinski definition) is 3. The second kappa shape index (κ2) is 63.5. The standard InChI is InChI=1S/C70H136O17P2/c1-6-9-12-15-17-19-21-23-25-26-28-30-32-36-40-45-50-55-69(74)87-66(60-81-68(73)54-49-44-39-35-31-29-27-24-22-20-18-16-13-10-7-2)62-85-89(78,79)83-58-64(71)57-82-88(76,77)84-61-65(59-80-67(72)53-48-42-14-11-8-3)86-70(75)56-51-46-41-37-33-34-38-43-47-52-63(4)5/h63-66,71H,6-62H2,1-5H3,(H,76,77)(H,78,79)/t64-,65+,66+/m0/s1. The van der Waals surface area contributed by atoms with Gasteiger partial charge in [-0.05, 0) is 31.6 Å². The zero-order chi connectivity index (χ0) is 65.6. The predicted octanol–water partition coefficient (Wildman–Crippen LogP) is 20.1. The van der Waals surface area contributed by atoms with Crippen LogP contribution in [-0.4, -0.2) is 96.7 Å². The molecule has 0 bridgehead atoms. The van der Waals surface area contributed by atoms with E-state index in [1.807, 2.05) is 0 Å². The minimum atomic E-state index is -4.95. The Morgan fingerprint density at radius 2 is 0.517 bits per heavy atom. The monoisotopic (exact) mass is 1310 g/mol. The summed E-state index contributed by atoms with van der Waals surface area (Å²) in [6.45, 7) is 7.14. The minimum Gasteiger partial charge on any atom is -0.462 e. The number of rotatable bonds is 70. The summed E-state index contributed by atoms with van der Waals surface area (Å²) < 4.78 is 68.1. The molecular formula is C70H136O17P2. The highest BCUT2D eigenvalue weighted by Gasteiger charge is 2.30. The molecule has 3 N–H and O–H groups in total. The van der Waals surface area contributed by atoms with Gasteiger partial charge in [-0.25, -0.2) is 9.13 Å². The van der Waals surface area contributed by atoms with Gasteiger partial charge < -0.3 is 33.8 Å². The average Bonchev–Trinajstić information content (AvgIpc) is 3.55. The van der Waals surface area contributed by atoms with Gasteiger partial charge in [0.1, 0.15) is 19.3 Å². The molecule has 0 radical (unpaired) electrons. The van der Waals surface area contributed by atoms with E-state index in [4.69, 9.17) is 37.0 Å². The number of ether oxygens (including phenoxy) is 4. The summed E-state index contributed by atoms with van der Waals surface area (Å²) in [6.07, 6.45) is 50.3. The normalized spacial score (nSPS) is 14.1. The van der Waals surface area contributed by atoms with Gasteiger partial charge in [-0.1, -0.05) is 311 Å². The van der Waals surface area contributed by atoms with E-state index in [-0.39, 0.29) is 25.7 Å². The lowest BCUT2D eigenvalue weighted by Gasteiger charge is -2.21. The zero-order valence-corrected chi connectivity index (χ0v) is 59.4. The van der Waals surface area contributed by atoms with Crippen LogP contribution in [0.1, 0.15) is 362 Å². The van der Waals surface area contributed by atoms with Crippen LogP contribution in [0.15, 0.2) is 0 Å². The van der Waals surface area contributed by atoms with E-state index in [1.54, 1.807) is 0 Å². The van der Waals surface area contributed by atoms with Gasteiger partial charge in [0.25, 0.3) is 0 Å². The number of hydrogen-bond acceptors (Lipinski definition) is 15. The van der Waals surface area contributed by atoms with Gasteiger partial charge in [-0.2, -0.15) is 0 Å². The second-order valence-electron chi connectivity index (χ2n) is 25.7. The van der Waals surface area contributed by atoms with Gasteiger partial charge in [0.2, 0.25) is 0 Å². The molecule has 0 aromatic carbocycles. The van der Waals surface area contributed by atoms with Crippen molar-refractivity contribution in [1.82, 2.24) is 0 Å². The van der Waals surface area contributed by atoms with Crippen LogP contribution in [0.4, 0.5) is 0 Å². The Kier molecular flexibility index (Phi) is 62.1. The SMILES string of the molecule is CCCCCCCCCCCCCCCCCCCC(=O)O[C@H](COC(=O)CCCCCCCCCCCCCCCCC)COP(=O)(O)OC[C@@H](O)COP(=O)(O)OC[C@@H](COC(=O)CCCCCCC)OC(=O)CCCCCCCCCCCC(C)C. The van der Waals surface area contributed by atoms with Crippen molar-refractivity contribution in [2.24, 2.45) is 5.92 Å². The fourth-order valence-electron chi connectivity index (χ4n) is 10.6. The summed E-state index contributed by atoms with van der Waals surface area (Å²) in [5, 5.41) is 10.6. The van der Waals surface area contributed by atoms with Crippen molar-refractivity contribution < 1.29 is 80.2 Å². The van der Waals surface area contributed by atoms with Crippen molar-refractivity contribution in [3.05, 3.63) is 0 Å². The van der Waals surface area contributed by atoms with E-state index >= 15 is 0 Å². The molecule has 5 atom stereocenters. The molecule has 528 valence electrons. The molecule has 2 unspecified atom stereocenters. The smallest absolute Gasteiger partial charge is 0.462 e. The lowest BCUT2D eigenvalue weighted by atomic mass is 10.0. The highest BCUT2D eigenvalue weighted by Crippen LogP contribution is 2.45. The zero-order valence-electron chi connectivity index (χ0n) is 57.6. The van der Waals surface area contributed by atoms with E-state index in [0.717, 1.165) is 102 Å². The third-order valence-electron chi connectivity index (χ3n) is 16.3. The fraction of sp³-hybridized carbons (Fsp3) is 0.943. The topological polar surface area (TPSA) is 237 Å². The molecule has 0 heterocycles. The summed E-state index contributed by atoms with van der Waals surface area (Å²) in [6, 6.07) is 0. The van der Waals surface area contributed by atoms with Gasteiger partial charge in [0.05, 0.1) is 26.4 Å². The highest BCUT2D eigenvalue weighted by atomic mass is 31.2. The number of unbranched alkanes of at least 4 members (excludes halogenated alkanes) is 42. The molecule has 0 rings (SSSR count). The van der Waals surface area contributed by atoms with Crippen molar-refractivity contribution in [2.75, 3.05) is 39.6 Å². The van der Waals surface area contributed by atoms with Crippen LogP contribution in [-0.2, 0) is 65.4 Å². The Bertz CT molecular complexity index is 1720. The van der Waals surface area contributed by atoms with Gasteiger partial charge in [0.15, 0.2) is 12.2 Å². The Hall–Kier alpha value is -1.94. The molecule has 0 aromatic rings. The average molecular weight is 1310 g/mol. The molecular weight excluding hydrogens is 1170 g/mol. The van der Waals surface area contributed by atoms with E-state index in [9.17, 15) is 43.2 Å². The molecule has 19 heteroatoms. The van der Waals surface area contributed by atoms with Gasteiger partial charge in [-0.3, -0.25) is 37.3 Å². The first-order valence-electron chi connectivity index (χ1n) is 36.6. The maximum absolute atomic E-state index is 13.0. The number of aliphatic hydroxyl groups is 1. The lowest BCUT2D eigenvalue weighted by molar-refractivity contribution is -0.161. The summed E-state index contributed by atoms with van der Waals surface area (Å²) in [5.74, 6) is -1.40. The van der Waals surface area contributed by atoms with E-state index in [0.29, 0.717) is 25.7 Å². The fourth-order valence-corrected chi connectivity index (χ4v) is 12.2. The van der Waals surface area contributed by atoms with E-state index in [2.05, 4.69) is 34.6 Å². The maximum atomic E-state index is 13.0. The molecule has 0 aliphatic heterocycles. The largest absolute Gasteiger partial charge is 0.472 e. The first-order valence-corrected chi connectivity index (χ1v) is 39.6. The number of phosphoric ester groups is 2. The quantitative estimate of drug-likeness (QED) is 0.0222. The number of aliphatic hydroxyl groups excluding tert-OH is 1. The van der Waals surface area contributed by atoms with Crippen LogP contribution in [0.5, 0.6) is 0 Å². The summed E-state index contributed by atoms with van der Waals surface area (Å²) in [5.41, 5.74) is 0. The Morgan fingerprint density at radius 3 is 0.764 bits per heavy atom. The van der Waals surface area contributed by atoms with E-state index < -0.39 is 97.5 Å². The van der Waals surface area contributed by atoms with Crippen molar-refractivity contribution in [3.63, 3.8) is 0 Å². The van der Waals surface area contributed by atoms with E-state index in [1.165, 1.54) is 180 Å². The molecule has 0 amide bonds. The van der Waals surface area contributed by atoms with Crippen LogP contribution in [0, 0.1) is 5.92 Å². The molecule has 17 nitrogen and oxygen atoms in total. The highest BCUT2D eigenvalue weighted by molar-refractivity contribution is 7.47. The molecule has 0 saturated carbocycles. The Labute approximate surface area is 543 Å². The molecule has 0 spiro atoms. The third-order valence-corrected chi connectivity index (χ3v) is 18.2. The molecule has 0 aliphatic rings. The molecule has 0 aromatic heterocycles. The Morgan fingerprint density at radius 1 is 0.303 bits per heavy atom. The third kappa shape index (κ3) is 64.6. The van der Waals surface area contributed by atoms with Crippen LogP contribution < -0.4 is 0 Å². The van der Waals surface area contributed by atoms with Gasteiger partial charge in [0, 0.05) is 25.7 Å². The van der Waals surface area contributed by atoms with Gasteiger partial charge >= 0.3 is 39.5 Å². The van der Waals surface area contributed by atoms with Crippen molar-refractivity contribution in [1.29, 1.82) is 0 Å². The van der Waals surface area contributed by atoms with Crippen LogP contribution in [0.2, 0.25) is 0 Å². The maximum Gasteiger partial charge on any atom is 0.472 e. The minimum absolute atomic E-state index is 0.105. The molecule has 0 saturated heterocycles. The summed E-state index contributed by atoms with van der Waals surface area (Å²) >= 11 is 0. The summed E-state index contributed by atoms with van der Waals surface area (Å²) in [4.78, 5) is 72.3. The summed E-state index contributed by atoms with van der Waals surface area (Å²) in [7, 11) is -9.89. The van der Waals surface area contributed by atoms with Crippen molar-refractivity contribution in [2.45, 2.75) is 380 Å². The van der Waals surface area contributed by atoms with Crippen LogP contribution >= 0.6 is 15.6 Å². The number of esters is 4. The van der Waals surface area contributed by atoms with Gasteiger partial charge in [-0.15, -0.1) is 0 Å². The van der Waals surface area contributed by atoms with Crippen LogP contribution in [0.25, 0.3) is 0 Å². The van der Waals surface area contributed by atoms with Crippen molar-refractivity contribution >= 4 is 39.5 Å². The number of carbonyl (C=O) groups is 4. The first kappa shape index (κ1) is 87.1. The number of phosphoric acid groups is 2. The second-order valence-corrected chi connectivity index (χ2v) is 28.7. The Balaban J connectivity index is 5.16. The lowest BCUT2D eigenvalue weighted by Crippen LogP contribution is -2.30. The van der Waals surface area contributed by atoms with Crippen molar-refractivity contribution in [3.8, 4) is 0 Å². The molecule has 0 aliphatic carbocycles. The molecule has 89 heavy (non-hydrogen) atoms. The first-order chi connectivity index (χ1) is 43.0. The predicted molar refractivity (Wildman–Crippen MR) is 358 cm³/mol. The number of carbonyl (C=O) groups excluding carboxylic acids is 4. The van der Waals surface area contributed by atoms with Crippen LogP contribution in [0.3, 0.4) is 0 Å². The molecule has 0 fully saturated rings.